The van der Waals surface area contributed by atoms with Crippen LogP contribution in [0.15, 0.2) is 46.2 Å². The van der Waals surface area contributed by atoms with Gasteiger partial charge in [0.2, 0.25) is 20.0 Å². The Morgan fingerprint density at radius 3 is 2.32 bits per heavy atom. The van der Waals surface area contributed by atoms with Crippen molar-refractivity contribution in [2.75, 3.05) is 77.6 Å². The molecule has 0 radical (unpaired) electrons. The van der Waals surface area contributed by atoms with E-state index in [0.29, 0.717) is 37.1 Å². The van der Waals surface area contributed by atoms with Gasteiger partial charge in [-0.05, 0) is 43.3 Å². The van der Waals surface area contributed by atoms with Crippen molar-refractivity contribution in [2.45, 2.75) is 16.2 Å². The van der Waals surface area contributed by atoms with E-state index in [-0.39, 0.29) is 37.6 Å². The van der Waals surface area contributed by atoms with Gasteiger partial charge in [0.25, 0.3) is 0 Å². The van der Waals surface area contributed by atoms with Gasteiger partial charge in [-0.25, -0.2) is 30.3 Å². The van der Waals surface area contributed by atoms with Crippen LogP contribution < -0.4 is 14.4 Å². The number of nitrogens with one attached hydrogen (secondary N) is 1. The van der Waals surface area contributed by atoms with Crippen molar-refractivity contribution in [3.63, 3.8) is 0 Å². The zero-order chi connectivity index (χ0) is 27.3. The van der Waals surface area contributed by atoms with Crippen LogP contribution in [-0.2, 0) is 24.8 Å². The maximum absolute atomic E-state index is 14.2. The van der Waals surface area contributed by atoms with Crippen LogP contribution in [0, 0.1) is 11.6 Å². The summed E-state index contributed by atoms with van der Waals surface area (Å²) in [7, 11) is -6.48. The molecule has 2 fully saturated rings. The molecule has 38 heavy (non-hydrogen) atoms. The molecule has 0 aliphatic carbocycles. The van der Waals surface area contributed by atoms with E-state index in [0.717, 1.165) is 36.1 Å². The average Bonchev–Trinajstić information content (AvgIpc) is 2.91. The number of nitrogens with zero attached hydrogens (tertiary/aromatic N) is 3. The number of morpholine rings is 1. The van der Waals surface area contributed by atoms with Gasteiger partial charge in [-0.2, -0.15) is 4.31 Å². The van der Waals surface area contributed by atoms with E-state index in [1.807, 2.05) is 4.90 Å². The summed E-state index contributed by atoms with van der Waals surface area (Å²) in [5, 5.41) is 0. The minimum atomic E-state index is -4.17. The minimum absolute atomic E-state index is 0.0269. The zero-order valence-electron chi connectivity index (χ0n) is 21.1. The summed E-state index contributed by atoms with van der Waals surface area (Å²) in [6, 6.07) is 6.89. The summed E-state index contributed by atoms with van der Waals surface area (Å²) in [5.74, 6) is -1.57. The summed E-state index contributed by atoms with van der Waals surface area (Å²) in [6.07, 6.45) is 0.660. The molecule has 0 atom stereocenters. The van der Waals surface area contributed by atoms with Crippen molar-refractivity contribution < 1.29 is 35.1 Å². The van der Waals surface area contributed by atoms with Crippen LogP contribution in [0.25, 0.3) is 0 Å². The fourth-order valence-electron chi connectivity index (χ4n) is 4.49. The van der Waals surface area contributed by atoms with Crippen LogP contribution in [0.1, 0.15) is 6.42 Å². The summed E-state index contributed by atoms with van der Waals surface area (Å²) in [5.41, 5.74) is 0.508. The van der Waals surface area contributed by atoms with Crippen LogP contribution >= 0.6 is 0 Å². The molecule has 2 saturated heterocycles. The lowest BCUT2D eigenvalue weighted by atomic mass is 10.2. The highest BCUT2D eigenvalue weighted by Gasteiger charge is 2.32. The van der Waals surface area contributed by atoms with E-state index < -0.39 is 36.6 Å². The van der Waals surface area contributed by atoms with Gasteiger partial charge in [0.15, 0.2) is 0 Å². The third kappa shape index (κ3) is 6.61. The molecule has 10 nitrogen and oxygen atoms in total. The van der Waals surface area contributed by atoms with Crippen LogP contribution in [-0.4, -0.2) is 98.7 Å². The van der Waals surface area contributed by atoms with E-state index in [1.165, 1.54) is 19.2 Å². The third-order valence-corrected chi connectivity index (χ3v) is 9.99. The summed E-state index contributed by atoms with van der Waals surface area (Å²) in [4.78, 5) is 3.54. The Labute approximate surface area is 222 Å². The van der Waals surface area contributed by atoms with Gasteiger partial charge in [0.05, 0.1) is 30.9 Å². The second-order valence-corrected chi connectivity index (χ2v) is 12.7. The van der Waals surface area contributed by atoms with Gasteiger partial charge < -0.3 is 14.4 Å². The van der Waals surface area contributed by atoms with Crippen LogP contribution in [0.3, 0.4) is 0 Å². The first-order chi connectivity index (χ1) is 18.1. The Morgan fingerprint density at radius 2 is 1.66 bits per heavy atom. The van der Waals surface area contributed by atoms with Crippen LogP contribution in [0.5, 0.6) is 5.75 Å². The molecular formula is C24H32F2N4O6S2. The van der Waals surface area contributed by atoms with E-state index in [4.69, 9.17) is 9.47 Å². The molecule has 2 aliphatic rings. The Morgan fingerprint density at radius 1 is 0.947 bits per heavy atom. The molecule has 2 heterocycles. The van der Waals surface area contributed by atoms with Crippen LogP contribution in [0.2, 0.25) is 0 Å². The standard InChI is InChI=1S/C24H32F2N4O6S2/c1-35-23-5-4-20(37(31,32)27-7-2-8-28-13-15-36-16-14-28)18-22(23)29-9-11-30(12-10-29)38(33,34)24-6-3-19(25)17-21(24)26/h3-6,17-18,27H,2,7-16H2,1H3. The first-order valence-electron chi connectivity index (χ1n) is 12.3. The van der Waals surface area contributed by atoms with Gasteiger partial charge >= 0.3 is 0 Å². The lowest BCUT2D eigenvalue weighted by molar-refractivity contribution is 0.0376. The normalized spacial score (nSPS) is 18.0. The molecule has 0 amide bonds. The van der Waals surface area contributed by atoms with Gasteiger partial charge in [-0.3, -0.25) is 4.90 Å². The zero-order valence-corrected chi connectivity index (χ0v) is 22.7. The smallest absolute Gasteiger partial charge is 0.246 e. The number of benzene rings is 2. The van der Waals surface area contributed by atoms with Gasteiger partial charge in [-0.1, -0.05) is 0 Å². The SMILES string of the molecule is COc1ccc(S(=O)(=O)NCCCN2CCOCC2)cc1N1CCN(S(=O)(=O)c2ccc(F)cc2F)CC1. The Bertz CT molecular complexity index is 1330. The molecule has 4 rings (SSSR count). The number of sulfonamides is 2. The number of anilines is 1. The molecule has 0 unspecified atom stereocenters. The Hall–Kier alpha value is -2.36. The minimum Gasteiger partial charge on any atom is -0.495 e. The number of halogens is 2. The lowest BCUT2D eigenvalue weighted by Crippen LogP contribution is -2.49. The molecule has 2 aromatic carbocycles. The van der Waals surface area contributed by atoms with E-state index in [2.05, 4.69) is 9.62 Å². The second kappa shape index (κ2) is 12.2. The third-order valence-electron chi connectivity index (χ3n) is 6.60. The van der Waals surface area contributed by atoms with Crippen molar-refractivity contribution in [1.82, 2.24) is 13.9 Å². The van der Waals surface area contributed by atoms with Crippen LogP contribution in [0.4, 0.5) is 14.5 Å². The number of rotatable bonds is 10. The van der Waals surface area contributed by atoms with E-state index in [9.17, 15) is 25.6 Å². The first-order valence-corrected chi connectivity index (χ1v) is 15.2. The van der Waals surface area contributed by atoms with Crippen molar-refractivity contribution >= 4 is 25.7 Å². The lowest BCUT2D eigenvalue weighted by Gasteiger charge is -2.36. The van der Waals surface area contributed by atoms with Gasteiger partial charge in [-0.15, -0.1) is 0 Å². The number of hydrogen-bond donors (Lipinski definition) is 1. The van der Waals surface area contributed by atoms with Crippen molar-refractivity contribution in [3.05, 3.63) is 48.0 Å². The summed E-state index contributed by atoms with van der Waals surface area (Å²) < 4.78 is 93.7. The molecule has 0 bridgehead atoms. The highest BCUT2D eigenvalue weighted by Crippen LogP contribution is 2.32. The molecule has 1 N–H and O–H groups in total. The predicted octanol–water partition coefficient (Wildman–Crippen LogP) is 1.48. The Balaban J connectivity index is 1.41. The fraction of sp³-hybridized carbons (Fsp3) is 0.500. The molecule has 0 saturated carbocycles. The fourth-order valence-corrected chi connectivity index (χ4v) is 7.06. The molecule has 210 valence electrons. The number of hydrogen-bond acceptors (Lipinski definition) is 8. The molecule has 2 aliphatic heterocycles. The Kier molecular flexibility index (Phi) is 9.21. The van der Waals surface area contributed by atoms with E-state index in [1.54, 1.807) is 6.07 Å². The summed E-state index contributed by atoms with van der Waals surface area (Å²) >= 11 is 0. The second-order valence-electron chi connectivity index (χ2n) is 9.00. The van der Waals surface area contributed by atoms with E-state index >= 15 is 0 Å². The molecule has 0 aromatic heterocycles. The topological polar surface area (TPSA) is 108 Å². The first kappa shape index (κ1) is 28.6. The van der Waals surface area contributed by atoms with Crippen molar-refractivity contribution in [2.24, 2.45) is 0 Å². The number of ether oxygens (including phenoxy) is 2. The molecular weight excluding hydrogens is 542 g/mol. The van der Waals surface area contributed by atoms with Gasteiger partial charge in [0.1, 0.15) is 22.3 Å². The summed E-state index contributed by atoms with van der Waals surface area (Å²) in [6.45, 7) is 4.59. The highest BCUT2D eigenvalue weighted by molar-refractivity contribution is 7.89. The van der Waals surface area contributed by atoms with Gasteiger partial charge in [0, 0.05) is 51.9 Å². The number of piperazine rings is 1. The molecule has 0 spiro atoms. The maximum Gasteiger partial charge on any atom is 0.246 e. The maximum atomic E-state index is 14.2. The molecule has 14 heteroatoms. The number of methoxy groups -OCH3 is 1. The largest absolute Gasteiger partial charge is 0.495 e. The average molecular weight is 575 g/mol. The highest BCUT2D eigenvalue weighted by atomic mass is 32.2. The predicted molar refractivity (Wildman–Crippen MR) is 137 cm³/mol. The monoisotopic (exact) mass is 574 g/mol. The molecule has 2 aromatic rings. The quantitative estimate of drug-likeness (QED) is 0.426. The van der Waals surface area contributed by atoms with Crippen molar-refractivity contribution in [1.29, 1.82) is 0 Å². The van der Waals surface area contributed by atoms with Crippen molar-refractivity contribution in [3.8, 4) is 5.75 Å².